The molecule has 0 atom stereocenters. The summed E-state index contributed by atoms with van der Waals surface area (Å²) in [6.45, 7) is 0.252. The van der Waals surface area contributed by atoms with Crippen LogP contribution >= 0.6 is 0 Å². The summed E-state index contributed by atoms with van der Waals surface area (Å²) in [5, 5.41) is 11.1. The first-order valence-corrected chi connectivity index (χ1v) is 8.34. The van der Waals surface area contributed by atoms with Gasteiger partial charge in [0.15, 0.2) is 0 Å². The molecule has 0 aliphatic rings. The maximum Gasteiger partial charge on any atom is 0.337 e. The largest absolute Gasteiger partial charge is 0.396 e. The second-order valence-electron chi connectivity index (χ2n) is 5.58. The Hall–Kier alpha value is -2.15. The van der Waals surface area contributed by atoms with Gasteiger partial charge in [-0.25, -0.2) is 14.6 Å². The first-order chi connectivity index (χ1) is 11.6. The average Bonchev–Trinajstić information content (AvgIpc) is 2.57. The summed E-state index contributed by atoms with van der Waals surface area (Å²) in [4.78, 5) is 23.1. The fraction of sp³-hybridized carbons (Fsp3) is 0.529. The summed E-state index contributed by atoms with van der Waals surface area (Å²) in [5.41, 5.74) is 5.02. The summed E-state index contributed by atoms with van der Waals surface area (Å²) >= 11 is 0. The van der Waals surface area contributed by atoms with Crippen molar-refractivity contribution < 1.29 is 19.1 Å². The molecule has 0 radical (unpaired) electrons. The lowest BCUT2D eigenvalue weighted by atomic mass is 10.1. The monoisotopic (exact) mass is 339 g/mol. The van der Waals surface area contributed by atoms with Crippen molar-refractivity contribution in [2.24, 2.45) is 0 Å². The van der Waals surface area contributed by atoms with E-state index in [2.05, 4.69) is 16.2 Å². The van der Waals surface area contributed by atoms with Crippen molar-refractivity contribution in [3.63, 3.8) is 0 Å². The summed E-state index contributed by atoms with van der Waals surface area (Å²) in [6, 6.07) is 4.74. The van der Waals surface area contributed by atoms with Gasteiger partial charge in [0.25, 0.3) is 0 Å². The number of halogens is 1. The third kappa shape index (κ3) is 9.78. The van der Waals surface area contributed by atoms with Crippen molar-refractivity contribution in [3.8, 4) is 0 Å². The molecule has 1 aromatic carbocycles. The Morgan fingerprint density at radius 1 is 0.875 bits per heavy atom. The Kier molecular flexibility index (Phi) is 10.2. The highest BCUT2D eigenvalue weighted by atomic mass is 19.1. The SMILES string of the molecule is O=C(CCCCCCCCCO)NNC(=O)Nc1ccc(F)cc1. The van der Waals surface area contributed by atoms with E-state index in [9.17, 15) is 14.0 Å². The molecular formula is C17H26FN3O3. The van der Waals surface area contributed by atoms with Crippen LogP contribution in [0.2, 0.25) is 0 Å². The Balaban J connectivity index is 2.02. The summed E-state index contributed by atoms with van der Waals surface area (Å²) in [5.74, 6) is -0.632. The fourth-order valence-corrected chi connectivity index (χ4v) is 2.17. The zero-order chi connectivity index (χ0) is 17.6. The zero-order valence-electron chi connectivity index (χ0n) is 13.8. The number of hydrogen-bond acceptors (Lipinski definition) is 3. The van der Waals surface area contributed by atoms with Gasteiger partial charge in [-0.3, -0.25) is 10.2 Å². The zero-order valence-corrected chi connectivity index (χ0v) is 13.8. The maximum atomic E-state index is 12.7. The van der Waals surface area contributed by atoms with Crippen LogP contribution in [0.15, 0.2) is 24.3 Å². The molecule has 1 aromatic rings. The third-order valence-corrected chi connectivity index (χ3v) is 3.48. The lowest BCUT2D eigenvalue weighted by molar-refractivity contribution is -0.121. The summed E-state index contributed by atoms with van der Waals surface area (Å²) in [7, 11) is 0. The molecule has 4 N–H and O–H groups in total. The van der Waals surface area contributed by atoms with Gasteiger partial charge in [-0.2, -0.15) is 0 Å². The van der Waals surface area contributed by atoms with Crippen LogP contribution in [0.1, 0.15) is 51.4 Å². The lowest BCUT2D eigenvalue weighted by Crippen LogP contribution is -2.43. The van der Waals surface area contributed by atoms with Crippen LogP contribution in [0.4, 0.5) is 14.9 Å². The molecule has 0 aliphatic heterocycles. The van der Waals surface area contributed by atoms with E-state index in [0.717, 1.165) is 44.9 Å². The van der Waals surface area contributed by atoms with Crippen LogP contribution in [0.5, 0.6) is 0 Å². The molecule has 134 valence electrons. The highest BCUT2D eigenvalue weighted by molar-refractivity contribution is 5.90. The molecule has 0 spiro atoms. The van der Waals surface area contributed by atoms with Gasteiger partial charge in [0.05, 0.1) is 0 Å². The molecule has 0 saturated heterocycles. The molecule has 0 aromatic heterocycles. The van der Waals surface area contributed by atoms with E-state index in [1.165, 1.54) is 24.3 Å². The van der Waals surface area contributed by atoms with E-state index in [4.69, 9.17) is 5.11 Å². The van der Waals surface area contributed by atoms with Crippen molar-refractivity contribution in [1.29, 1.82) is 0 Å². The summed E-state index contributed by atoms with van der Waals surface area (Å²) < 4.78 is 12.7. The van der Waals surface area contributed by atoms with E-state index in [0.29, 0.717) is 12.1 Å². The Morgan fingerprint density at radius 3 is 2.08 bits per heavy atom. The van der Waals surface area contributed by atoms with Crippen LogP contribution in [-0.4, -0.2) is 23.7 Å². The number of carbonyl (C=O) groups excluding carboxylic acids is 2. The second kappa shape index (κ2) is 12.3. The number of rotatable bonds is 10. The van der Waals surface area contributed by atoms with Gasteiger partial charge < -0.3 is 10.4 Å². The number of unbranched alkanes of at least 4 members (excludes halogenated alkanes) is 6. The highest BCUT2D eigenvalue weighted by Gasteiger charge is 2.05. The number of benzene rings is 1. The number of carbonyl (C=O) groups is 2. The molecule has 0 heterocycles. The number of hydrazine groups is 1. The van der Waals surface area contributed by atoms with Crippen LogP contribution in [0.25, 0.3) is 0 Å². The lowest BCUT2D eigenvalue weighted by Gasteiger charge is -2.09. The smallest absolute Gasteiger partial charge is 0.337 e. The minimum Gasteiger partial charge on any atom is -0.396 e. The number of nitrogens with one attached hydrogen (secondary N) is 3. The molecule has 0 aliphatic carbocycles. The molecule has 7 heteroatoms. The number of anilines is 1. The molecule has 0 bridgehead atoms. The number of hydrogen-bond donors (Lipinski definition) is 4. The molecule has 3 amide bonds. The van der Waals surface area contributed by atoms with Gasteiger partial charge in [-0.05, 0) is 37.1 Å². The number of aliphatic hydroxyl groups excluding tert-OH is 1. The van der Waals surface area contributed by atoms with Gasteiger partial charge >= 0.3 is 6.03 Å². The van der Waals surface area contributed by atoms with Crippen molar-refractivity contribution in [2.45, 2.75) is 51.4 Å². The highest BCUT2D eigenvalue weighted by Crippen LogP contribution is 2.09. The molecule has 0 fully saturated rings. The van der Waals surface area contributed by atoms with Crippen LogP contribution in [0, 0.1) is 5.82 Å². The van der Waals surface area contributed by atoms with Gasteiger partial charge in [0.2, 0.25) is 5.91 Å². The van der Waals surface area contributed by atoms with Gasteiger partial charge in [-0.15, -0.1) is 0 Å². The van der Waals surface area contributed by atoms with Crippen molar-refractivity contribution in [2.75, 3.05) is 11.9 Å². The minimum atomic E-state index is -0.584. The molecule has 24 heavy (non-hydrogen) atoms. The molecular weight excluding hydrogens is 313 g/mol. The maximum absolute atomic E-state index is 12.7. The van der Waals surface area contributed by atoms with Crippen molar-refractivity contribution in [3.05, 3.63) is 30.1 Å². The first-order valence-electron chi connectivity index (χ1n) is 8.34. The van der Waals surface area contributed by atoms with Crippen LogP contribution < -0.4 is 16.2 Å². The van der Waals surface area contributed by atoms with E-state index >= 15 is 0 Å². The Morgan fingerprint density at radius 2 is 1.46 bits per heavy atom. The van der Waals surface area contributed by atoms with E-state index in [1.807, 2.05) is 0 Å². The number of aliphatic hydroxyl groups is 1. The van der Waals surface area contributed by atoms with Gasteiger partial charge in [-0.1, -0.05) is 32.1 Å². The van der Waals surface area contributed by atoms with Crippen molar-refractivity contribution in [1.82, 2.24) is 10.9 Å². The quantitative estimate of drug-likeness (QED) is 0.390. The first kappa shape index (κ1) is 19.9. The molecule has 1 rings (SSSR count). The minimum absolute atomic E-state index is 0.246. The molecule has 0 saturated carbocycles. The molecule has 6 nitrogen and oxygen atoms in total. The van der Waals surface area contributed by atoms with Gasteiger partial charge in [0, 0.05) is 18.7 Å². The van der Waals surface area contributed by atoms with Crippen LogP contribution in [-0.2, 0) is 4.79 Å². The van der Waals surface area contributed by atoms with E-state index < -0.39 is 6.03 Å². The molecule has 0 unspecified atom stereocenters. The van der Waals surface area contributed by atoms with Crippen LogP contribution in [0.3, 0.4) is 0 Å². The topological polar surface area (TPSA) is 90.5 Å². The Bertz CT molecular complexity index is 494. The predicted molar refractivity (Wildman–Crippen MR) is 90.7 cm³/mol. The number of amides is 3. The average molecular weight is 339 g/mol. The Labute approximate surface area is 141 Å². The van der Waals surface area contributed by atoms with E-state index in [1.54, 1.807) is 0 Å². The summed E-state index contributed by atoms with van der Waals surface area (Å²) in [6.07, 6.45) is 7.28. The normalized spacial score (nSPS) is 10.2. The standard InChI is InChI=1S/C17H26FN3O3/c18-14-9-11-15(12-10-14)19-17(24)21-20-16(23)8-6-4-2-1-3-5-7-13-22/h9-12,22H,1-8,13H2,(H,20,23)(H2,19,21,24). The second-order valence-corrected chi connectivity index (χ2v) is 5.58. The third-order valence-electron chi connectivity index (χ3n) is 3.48. The number of urea groups is 1. The fourth-order valence-electron chi connectivity index (χ4n) is 2.17. The van der Waals surface area contributed by atoms with Crippen molar-refractivity contribution >= 4 is 17.6 Å². The predicted octanol–water partition coefficient (Wildman–Crippen LogP) is 3.09. The van der Waals surface area contributed by atoms with Gasteiger partial charge in [0.1, 0.15) is 5.82 Å². The van der Waals surface area contributed by atoms with E-state index in [-0.39, 0.29) is 18.3 Å².